The van der Waals surface area contributed by atoms with E-state index < -0.39 is 0 Å². The summed E-state index contributed by atoms with van der Waals surface area (Å²) in [5.74, 6) is 0.580. The molecule has 0 amide bonds. The summed E-state index contributed by atoms with van der Waals surface area (Å²) in [7, 11) is 4.11. The average molecular weight is 313 g/mol. The van der Waals surface area contributed by atoms with E-state index in [0.29, 0.717) is 11.6 Å². The van der Waals surface area contributed by atoms with Crippen molar-refractivity contribution >= 4 is 23.1 Å². The number of rotatable bonds is 7. The summed E-state index contributed by atoms with van der Waals surface area (Å²) in [5.41, 5.74) is 1.82. The van der Waals surface area contributed by atoms with Crippen LogP contribution in [0, 0.1) is 0 Å². The van der Waals surface area contributed by atoms with Crippen LogP contribution in [-0.2, 0) is 0 Å². The molecule has 1 heterocycles. The Labute approximate surface area is 136 Å². The second-order valence-corrected chi connectivity index (χ2v) is 5.35. The Balaban J connectivity index is 2.13. The molecule has 1 atom stereocenters. The summed E-state index contributed by atoms with van der Waals surface area (Å²) in [6.07, 6.45) is 2.48. The molecule has 0 bridgehead atoms. The third-order valence-corrected chi connectivity index (χ3v) is 3.26. The maximum absolute atomic E-state index is 6.06. The first kappa shape index (κ1) is 16.3. The second kappa shape index (κ2) is 8.39. The molecule has 114 valence electrons. The zero-order chi connectivity index (χ0) is 15.8. The number of ether oxygens (including phenoxy) is 1. The molecule has 0 spiro atoms. The number of nitrogens with zero attached hydrogens (tertiary/aromatic N) is 3. The Morgan fingerprint density at radius 2 is 2.00 bits per heavy atom. The molecule has 2 rings (SSSR count). The van der Waals surface area contributed by atoms with E-state index in [1.54, 1.807) is 12.3 Å². The molecule has 0 saturated heterocycles. The molecule has 1 aromatic heterocycles. The maximum atomic E-state index is 6.06. The van der Waals surface area contributed by atoms with Gasteiger partial charge in [-0.25, -0.2) is 4.98 Å². The first-order valence-electron chi connectivity index (χ1n) is 7.09. The zero-order valence-electron chi connectivity index (χ0n) is 12.8. The van der Waals surface area contributed by atoms with Gasteiger partial charge in [-0.1, -0.05) is 30.3 Å². The first-order chi connectivity index (χ1) is 10.7. The van der Waals surface area contributed by atoms with Crippen molar-refractivity contribution in [3.63, 3.8) is 0 Å². The minimum absolute atomic E-state index is 0.0315. The highest BCUT2D eigenvalue weighted by Gasteiger charge is 2.14. The highest BCUT2D eigenvalue weighted by atomic mass is 32.1. The van der Waals surface area contributed by atoms with Gasteiger partial charge < -0.3 is 9.64 Å². The number of aromatic nitrogens is 1. The van der Waals surface area contributed by atoms with Crippen molar-refractivity contribution in [3.05, 3.63) is 54.2 Å². The van der Waals surface area contributed by atoms with Gasteiger partial charge in [0.15, 0.2) is 0 Å². The number of aliphatic imine (C=N–C) groups is 1. The van der Waals surface area contributed by atoms with Gasteiger partial charge in [-0.15, -0.1) is 0 Å². The minimum atomic E-state index is -0.0315. The number of benzene rings is 1. The number of isothiocyanates is 1. The monoisotopic (exact) mass is 313 g/mol. The molecule has 0 aliphatic rings. The molecule has 0 N–H and O–H groups in total. The van der Waals surface area contributed by atoms with Crippen molar-refractivity contribution in [1.82, 2.24) is 9.88 Å². The van der Waals surface area contributed by atoms with Crippen LogP contribution in [-0.4, -0.2) is 35.7 Å². The Kier molecular flexibility index (Phi) is 6.22. The van der Waals surface area contributed by atoms with Crippen molar-refractivity contribution in [2.45, 2.75) is 12.5 Å². The lowest BCUT2D eigenvalue weighted by molar-refractivity contribution is 0.172. The quantitative estimate of drug-likeness (QED) is 0.574. The Morgan fingerprint density at radius 3 is 2.59 bits per heavy atom. The average Bonchev–Trinajstić information content (AvgIpc) is 2.54. The van der Waals surface area contributed by atoms with Crippen LogP contribution in [0.25, 0.3) is 0 Å². The molecule has 22 heavy (non-hydrogen) atoms. The summed E-state index contributed by atoms with van der Waals surface area (Å²) in [6.45, 7) is 0.937. The maximum Gasteiger partial charge on any atom is 0.213 e. The van der Waals surface area contributed by atoms with Crippen molar-refractivity contribution < 1.29 is 4.74 Å². The molecule has 0 aliphatic carbocycles. The van der Waals surface area contributed by atoms with Crippen LogP contribution in [0.15, 0.2) is 53.7 Å². The lowest BCUT2D eigenvalue weighted by Crippen LogP contribution is -2.19. The molecule has 0 fully saturated rings. The van der Waals surface area contributed by atoms with Gasteiger partial charge in [0.05, 0.1) is 17.0 Å². The fourth-order valence-corrected chi connectivity index (χ4v) is 2.15. The van der Waals surface area contributed by atoms with E-state index in [4.69, 9.17) is 4.74 Å². The highest BCUT2D eigenvalue weighted by Crippen LogP contribution is 2.24. The molecule has 1 aromatic carbocycles. The third kappa shape index (κ3) is 5.04. The number of hydrogen-bond donors (Lipinski definition) is 0. The fraction of sp³-hybridized carbons (Fsp3) is 0.294. The molecule has 0 saturated carbocycles. The molecule has 2 aromatic rings. The van der Waals surface area contributed by atoms with E-state index in [9.17, 15) is 0 Å². The molecule has 1 unspecified atom stereocenters. The van der Waals surface area contributed by atoms with Gasteiger partial charge in [-0.3, -0.25) is 0 Å². The summed E-state index contributed by atoms with van der Waals surface area (Å²) in [6, 6.07) is 13.8. The summed E-state index contributed by atoms with van der Waals surface area (Å²) >= 11 is 4.58. The van der Waals surface area contributed by atoms with Gasteiger partial charge >= 0.3 is 0 Å². The standard InChI is InChI=1S/C17H19N3OS/c1-20(2)11-10-16(14-6-4-3-5-7-14)21-17-9-8-15(12-18-17)19-13-22/h3-9,12,16H,10-11H2,1-2H3. The topological polar surface area (TPSA) is 37.7 Å². The van der Waals surface area contributed by atoms with Crippen LogP contribution >= 0.6 is 12.2 Å². The van der Waals surface area contributed by atoms with Crippen LogP contribution in [0.2, 0.25) is 0 Å². The smallest absolute Gasteiger partial charge is 0.213 e. The van der Waals surface area contributed by atoms with Crippen molar-refractivity contribution in [3.8, 4) is 5.88 Å². The fourth-order valence-electron chi connectivity index (χ4n) is 2.04. The van der Waals surface area contributed by atoms with Crippen LogP contribution < -0.4 is 4.74 Å². The van der Waals surface area contributed by atoms with Gasteiger partial charge in [-0.2, -0.15) is 4.99 Å². The summed E-state index contributed by atoms with van der Waals surface area (Å²) in [5, 5.41) is 2.32. The minimum Gasteiger partial charge on any atom is -0.469 e. The van der Waals surface area contributed by atoms with Crippen LogP contribution in [0.4, 0.5) is 5.69 Å². The molecule has 4 nitrogen and oxygen atoms in total. The van der Waals surface area contributed by atoms with E-state index >= 15 is 0 Å². The van der Waals surface area contributed by atoms with Gasteiger partial charge in [0.1, 0.15) is 6.10 Å². The van der Waals surface area contributed by atoms with Crippen LogP contribution in [0.3, 0.4) is 0 Å². The lowest BCUT2D eigenvalue weighted by atomic mass is 10.1. The summed E-state index contributed by atoms with van der Waals surface area (Å²) < 4.78 is 6.06. The number of hydrogen-bond acceptors (Lipinski definition) is 5. The van der Waals surface area contributed by atoms with E-state index in [2.05, 4.69) is 58.5 Å². The van der Waals surface area contributed by atoms with Gasteiger partial charge in [0, 0.05) is 19.0 Å². The van der Waals surface area contributed by atoms with Crippen molar-refractivity contribution in [2.75, 3.05) is 20.6 Å². The van der Waals surface area contributed by atoms with Crippen LogP contribution in [0.1, 0.15) is 18.1 Å². The van der Waals surface area contributed by atoms with Gasteiger partial charge in [0.2, 0.25) is 5.88 Å². The van der Waals surface area contributed by atoms with Gasteiger partial charge in [0.25, 0.3) is 0 Å². The van der Waals surface area contributed by atoms with E-state index in [1.165, 1.54) is 0 Å². The van der Waals surface area contributed by atoms with Crippen molar-refractivity contribution in [1.29, 1.82) is 0 Å². The Hall–Kier alpha value is -2.07. The molecular formula is C17H19N3OS. The van der Waals surface area contributed by atoms with E-state index in [1.807, 2.05) is 24.3 Å². The SMILES string of the molecule is CN(C)CCC(Oc1ccc(N=C=S)cn1)c1ccccc1. The predicted octanol–water partition coefficient (Wildman–Crippen LogP) is 3.89. The predicted molar refractivity (Wildman–Crippen MR) is 91.9 cm³/mol. The third-order valence-electron chi connectivity index (χ3n) is 3.17. The second-order valence-electron chi connectivity index (χ2n) is 5.17. The number of pyridine rings is 1. The molecular weight excluding hydrogens is 294 g/mol. The molecule has 0 aliphatic heterocycles. The van der Waals surface area contributed by atoms with Crippen molar-refractivity contribution in [2.24, 2.45) is 4.99 Å². The molecule has 5 heteroatoms. The van der Waals surface area contributed by atoms with E-state index in [-0.39, 0.29) is 6.10 Å². The lowest BCUT2D eigenvalue weighted by Gasteiger charge is -2.21. The Morgan fingerprint density at radius 1 is 1.23 bits per heavy atom. The largest absolute Gasteiger partial charge is 0.469 e. The van der Waals surface area contributed by atoms with Gasteiger partial charge in [-0.05, 0) is 37.9 Å². The Bertz CT molecular complexity index is 622. The number of thiocarbonyl (C=S) groups is 1. The zero-order valence-corrected chi connectivity index (χ0v) is 13.6. The summed E-state index contributed by atoms with van der Waals surface area (Å²) in [4.78, 5) is 10.3. The molecule has 0 radical (unpaired) electrons. The first-order valence-corrected chi connectivity index (χ1v) is 7.50. The normalized spacial score (nSPS) is 11.8. The highest BCUT2D eigenvalue weighted by molar-refractivity contribution is 7.78. The van der Waals surface area contributed by atoms with Crippen LogP contribution in [0.5, 0.6) is 5.88 Å². The van der Waals surface area contributed by atoms with E-state index in [0.717, 1.165) is 18.5 Å².